The van der Waals surface area contributed by atoms with E-state index >= 15 is 0 Å². The monoisotopic (exact) mass is 262 g/mol. The van der Waals surface area contributed by atoms with Gasteiger partial charge in [-0.25, -0.2) is 0 Å². The van der Waals surface area contributed by atoms with Crippen LogP contribution in [-0.4, -0.2) is 13.1 Å². The highest BCUT2D eigenvalue weighted by molar-refractivity contribution is 5.36. The van der Waals surface area contributed by atoms with Crippen molar-refractivity contribution in [2.45, 2.75) is 57.8 Å². The van der Waals surface area contributed by atoms with E-state index in [9.17, 15) is 4.79 Å². The van der Waals surface area contributed by atoms with Crippen LogP contribution in [0.1, 0.15) is 56.9 Å². The minimum Gasteiger partial charge on any atom is -0.468 e. The molecule has 0 amide bonds. The lowest BCUT2D eigenvalue weighted by atomic mass is 10.0. The van der Waals surface area contributed by atoms with Crippen molar-refractivity contribution in [3.05, 3.63) is 35.9 Å². The Labute approximate surface area is 117 Å². The first-order valence-electron chi connectivity index (χ1n) is 7.52. The Hall–Kier alpha value is -1.31. The van der Waals surface area contributed by atoms with Crippen molar-refractivity contribution in [2.75, 3.05) is 6.61 Å². The zero-order valence-electron chi connectivity index (χ0n) is 11.9. The number of aryl methyl sites for hydroxylation is 1. The van der Waals surface area contributed by atoms with Crippen LogP contribution in [-0.2, 0) is 16.0 Å². The van der Waals surface area contributed by atoms with Crippen molar-refractivity contribution in [1.29, 1.82) is 0 Å². The molecule has 2 heteroatoms. The molecule has 0 aliphatic heterocycles. The quantitative estimate of drug-likeness (QED) is 0.409. The highest BCUT2D eigenvalue weighted by atomic mass is 16.5. The van der Waals surface area contributed by atoms with Crippen LogP contribution in [0.4, 0.5) is 0 Å². The zero-order valence-corrected chi connectivity index (χ0v) is 11.9. The third-order valence-corrected chi connectivity index (χ3v) is 3.39. The summed E-state index contributed by atoms with van der Waals surface area (Å²) in [5.74, 6) is 0. The lowest BCUT2D eigenvalue weighted by molar-refractivity contribution is -0.128. The molecule has 0 aliphatic carbocycles. The first-order valence-corrected chi connectivity index (χ1v) is 7.52. The fourth-order valence-electron chi connectivity index (χ4n) is 2.27. The van der Waals surface area contributed by atoms with Gasteiger partial charge >= 0.3 is 0 Å². The summed E-state index contributed by atoms with van der Waals surface area (Å²) in [5, 5.41) is 0. The minimum absolute atomic E-state index is 0.534. The molecule has 19 heavy (non-hydrogen) atoms. The standard InChI is InChI=1S/C17H26O2/c18-16-19-15-11-6-4-2-1-3-5-8-12-17-13-9-7-10-14-17/h7,9-10,13-14,16H,1-6,8,11-12,15H2. The molecule has 0 atom stereocenters. The Kier molecular flexibility index (Phi) is 9.75. The van der Waals surface area contributed by atoms with E-state index in [4.69, 9.17) is 0 Å². The van der Waals surface area contributed by atoms with Gasteiger partial charge in [-0.05, 0) is 24.8 Å². The average Bonchev–Trinajstić information content (AvgIpc) is 2.46. The van der Waals surface area contributed by atoms with E-state index in [1.807, 2.05) is 0 Å². The summed E-state index contributed by atoms with van der Waals surface area (Å²) in [7, 11) is 0. The first kappa shape index (κ1) is 15.7. The molecule has 1 aromatic carbocycles. The molecule has 0 heterocycles. The second-order valence-electron chi connectivity index (χ2n) is 5.03. The van der Waals surface area contributed by atoms with Gasteiger partial charge in [0.15, 0.2) is 0 Å². The van der Waals surface area contributed by atoms with Crippen LogP contribution in [0.15, 0.2) is 30.3 Å². The highest BCUT2D eigenvalue weighted by Gasteiger charge is 1.94. The molecule has 2 nitrogen and oxygen atoms in total. The molecule has 1 rings (SSSR count). The highest BCUT2D eigenvalue weighted by Crippen LogP contribution is 2.11. The Bertz CT molecular complexity index is 308. The van der Waals surface area contributed by atoms with Crippen molar-refractivity contribution in [1.82, 2.24) is 0 Å². The van der Waals surface area contributed by atoms with Crippen molar-refractivity contribution < 1.29 is 9.53 Å². The molecule has 0 unspecified atom stereocenters. The molecule has 0 saturated carbocycles. The predicted octanol–water partition coefficient (Wildman–Crippen LogP) is 4.52. The fourth-order valence-corrected chi connectivity index (χ4v) is 2.27. The zero-order chi connectivity index (χ0) is 13.6. The van der Waals surface area contributed by atoms with E-state index in [1.165, 1.54) is 56.9 Å². The maximum Gasteiger partial charge on any atom is 0.293 e. The van der Waals surface area contributed by atoms with E-state index in [1.54, 1.807) is 0 Å². The summed E-state index contributed by atoms with van der Waals surface area (Å²) >= 11 is 0. The molecule has 0 aliphatic rings. The number of benzene rings is 1. The van der Waals surface area contributed by atoms with E-state index in [0.29, 0.717) is 13.1 Å². The smallest absolute Gasteiger partial charge is 0.293 e. The number of hydrogen-bond acceptors (Lipinski definition) is 2. The fraction of sp³-hybridized carbons (Fsp3) is 0.588. The molecule has 0 bridgehead atoms. The summed E-state index contributed by atoms with van der Waals surface area (Å²) < 4.78 is 4.65. The van der Waals surface area contributed by atoms with Gasteiger partial charge in [-0.1, -0.05) is 68.9 Å². The molecule has 1 aromatic rings. The normalized spacial score (nSPS) is 10.3. The number of carbonyl (C=O) groups is 1. The van der Waals surface area contributed by atoms with Gasteiger partial charge in [-0.2, -0.15) is 0 Å². The maximum absolute atomic E-state index is 9.92. The number of carbonyl (C=O) groups excluding carboxylic acids is 1. The molecule has 0 radical (unpaired) electrons. The van der Waals surface area contributed by atoms with Crippen LogP contribution in [0, 0.1) is 0 Å². The van der Waals surface area contributed by atoms with Gasteiger partial charge in [0.05, 0.1) is 6.61 Å². The van der Waals surface area contributed by atoms with E-state index in [0.717, 1.165) is 6.42 Å². The number of ether oxygens (including phenoxy) is 1. The summed E-state index contributed by atoms with van der Waals surface area (Å²) in [6, 6.07) is 10.7. The van der Waals surface area contributed by atoms with Crippen LogP contribution in [0.3, 0.4) is 0 Å². The van der Waals surface area contributed by atoms with Crippen LogP contribution in [0.25, 0.3) is 0 Å². The van der Waals surface area contributed by atoms with Gasteiger partial charge in [0, 0.05) is 0 Å². The molecular weight excluding hydrogens is 236 g/mol. The van der Waals surface area contributed by atoms with Crippen molar-refractivity contribution in [3.8, 4) is 0 Å². The van der Waals surface area contributed by atoms with Gasteiger partial charge in [0.2, 0.25) is 0 Å². The van der Waals surface area contributed by atoms with E-state index in [2.05, 4.69) is 35.1 Å². The molecule has 0 N–H and O–H groups in total. The van der Waals surface area contributed by atoms with Crippen LogP contribution >= 0.6 is 0 Å². The van der Waals surface area contributed by atoms with Gasteiger partial charge in [-0.15, -0.1) is 0 Å². The first-order chi connectivity index (χ1) is 9.43. The van der Waals surface area contributed by atoms with Gasteiger partial charge < -0.3 is 4.74 Å². The topological polar surface area (TPSA) is 26.3 Å². The summed E-state index contributed by atoms with van der Waals surface area (Å²) in [4.78, 5) is 9.92. The molecule has 0 saturated heterocycles. The predicted molar refractivity (Wildman–Crippen MR) is 79.1 cm³/mol. The van der Waals surface area contributed by atoms with E-state index in [-0.39, 0.29) is 0 Å². The lowest BCUT2D eigenvalue weighted by Crippen LogP contribution is -1.91. The number of hydrogen-bond donors (Lipinski definition) is 0. The third kappa shape index (κ3) is 9.29. The molecular formula is C17H26O2. The number of rotatable bonds is 12. The molecule has 0 spiro atoms. The van der Waals surface area contributed by atoms with E-state index < -0.39 is 0 Å². The Balaban J connectivity index is 1.80. The van der Waals surface area contributed by atoms with Gasteiger partial charge in [0.1, 0.15) is 0 Å². The lowest BCUT2D eigenvalue weighted by Gasteiger charge is -2.03. The maximum atomic E-state index is 9.92. The molecule has 0 fully saturated rings. The summed E-state index contributed by atoms with van der Waals surface area (Å²) in [5.41, 5.74) is 1.46. The van der Waals surface area contributed by atoms with Gasteiger partial charge in [0.25, 0.3) is 6.47 Å². The molecule has 106 valence electrons. The minimum atomic E-state index is 0.534. The largest absolute Gasteiger partial charge is 0.468 e. The van der Waals surface area contributed by atoms with Crippen LogP contribution in [0.5, 0.6) is 0 Å². The third-order valence-electron chi connectivity index (χ3n) is 3.39. The molecule has 0 aromatic heterocycles. The summed E-state index contributed by atoms with van der Waals surface area (Å²) in [6.07, 6.45) is 11.3. The Morgan fingerprint density at radius 2 is 1.37 bits per heavy atom. The average molecular weight is 262 g/mol. The van der Waals surface area contributed by atoms with Crippen LogP contribution in [0.2, 0.25) is 0 Å². The van der Waals surface area contributed by atoms with Crippen molar-refractivity contribution >= 4 is 6.47 Å². The SMILES string of the molecule is O=COCCCCCCCCCCc1ccccc1. The Morgan fingerprint density at radius 1 is 0.789 bits per heavy atom. The van der Waals surface area contributed by atoms with Gasteiger partial charge in [-0.3, -0.25) is 4.79 Å². The van der Waals surface area contributed by atoms with Crippen LogP contribution < -0.4 is 0 Å². The Morgan fingerprint density at radius 3 is 2.00 bits per heavy atom. The second kappa shape index (κ2) is 11.8. The van der Waals surface area contributed by atoms with Crippen molar-refractivity contribution in [3.63, 3.8) is 0 Å². The van der Waals surface area contributed by atoms with Crippen molar-refractivity contribution in [2.24, 2.45) is 0 Å². The second-order valence-corrected chi connectivity index (χ2v) is 5.03. The number of unbranched alkanes of at least 4 members (excludes halogenated alkanes) is 7. The summed E-state index contributed by atoms with van der Waals surface area (Å²) in [6.45, 7) is 1.12.